The van der Waals surface area contributed by atoms with Crippen molar-refractivity contribution >= 4 is 39.7 Å². The molecule has 0 saturated heterocycles. The molecule has 0 N–H and O–H groups in total. The summed E-state index contributed by atoms with van der Waals surface area (Å²) in [5.41, 5.74) is 3.10. The van der Waals surface area contributed by atoms with Crippen LogP contribution >= 0.6 is 34.7 Å². The molecule has 0 atom stereocenters. The second-order valence-electron chi connectivity index (χ2n) is 3.82. The van der Waals surface area contributed by atoms with Crippen molar-refractivity contribution in [3.8, 4) is 11.3 Å². The minimum atomic E-state index is 0.736. The monoisotopic (exact) mass is 295 g/mol. The molecule has 0 aliphatic rings. The molecule has 3 rings (SSSR count). The number of fused-ring (bicyclic) bond motifs is 1. The summed E-state index contributed by atoms with van der Waals surface area (Å²) in [5, 5.41) is 5.24. The molecule has 6 heteroatoms. The number of thioether (sulfide) groups is 1. The van der Waals surface area contributed by atoms with Gasteiger partial charge >= 0.3 is 0 Å². The van der Waals surface area contributed by atoms with E-state index in [1.807, 2.05) is 42.0 Å². The van der Waals surface area contributed by atoms with E-state index in [-0.39, 0.29) is 0 Å². The Kier molecular flexibility index (Phi) is 3.05. The Bertz CT molecular complexity index is 700. The van der Waals surface area contributed by atoms with E-state index in [4.69, 9.17) is 11.6 Å². The van der Waals surface area contributed by atoms with Crippen molar-refractivity contribution in [2.75, 3.05) is 6.26 Å². The Labute approximate surface area is 118 Å². The summed E-state index contributed by atoms with van der Waals surface area (Å²) in [5.74, 6) is 0. The van der Waals surface area contributed by atoms with Gasteiger partial charge in [0.2, 0.25) is 4.96 Å². The van der Waals surface area contributed by atoms with Crippen LogP contribution in [0, 0.1) is 6.92 Å². The number of nitrogens with zero attached hydrogens (tertiary/aromatic N) is 3. The average molecular weight is 296 g/mol. The lowest BCUT2D eigenvalue weighted by Crippen LogP contribution is -1.88. The van der Waals surface area contributed by atoms with Crippen LogP contribution in [0.4, 0.5) is 0 Å². The molecule has 18 heavy (non-hydrogen) atoms. The van der Waals surface area contributed by atoms with Crippen molar-refractivity contribution in [3.05, 3.63) is 35.0 Å². The van der Waals surface area contributed by atoms with E-state index in [9.17, 15) is 0 Å². The molecule has 0 aliphatic carbocycles. The van der Waals surface area contributed by atoms with Crippen molar-refractivity contribution in [3.63, 3.8) is 0 Å². The van der Waals surface area contributed by atoms with Gasteiger partial charge in [-0.2, -0.15) is 0 Å². The Morgan fingerprint density at radius 3 is 2.61 bits per heavy atom. The van der Waals surface area contributed by atoms with Gasteiger partial charge in [0, 0.05) is 10.6 Å². The van der Waals surface area contributed by atoms with E-state index >= 15 is 0 Å². The van der Waals surface area contributed by atoms with E-state index < -0.39 is 0 Å². The van der Waals surface area contributed by atoms with E-state index in [0.29, 0.717) is 0 Å². The number of aromatic nitrogens is 3. The smallest absolute Gasteiger partial charge is 0.213 e. The highest BCUT2D eigenvalue weighted by molar-refractivity contribution is 8.00. The lowest BCUT2D eigenvalue weighted by molar-refractivity contribution is 0.883. The molecule has 0 saturated carbocycles. The predicted octanol–water partition coefficient (Wildman–Crippen LogP) is 4.14. The third-order valence-corrected chi connectivity index (χ3v) is 4.84. The number of hydrogen-bond donors (Lipinski definition) is 0. The summed E-state index contributed by atoms with van der Waals surface area (Å²) < 4.78 is 2.93. The highest BCUT2D eigenvalue weighted by Gasteiger charge is 2.14. The second-order valence-corrected chi connectivity index (χ2v) is 6.26. The van der Waals surface area contributed by atoms with Gasteiger partial charge in [-0.15, -0.1) is 5.10 Å². The molecule has 3 aromatic rings. The third kappa shape index (κ3) is 1.92. The molecular weight excluding hydrogens is 286 g/mol. The summed E-state index contributed by atoms with van der Waals surface area (Å²) in [6.07, 6.45) is 2.02. The zero-order valence-electron chi connectivity index (χ0n) is 9.85. The first-order valence-electron chi connectivity index (χ1n) is 5.35. The molecule has 1 aromatic carbocycles. The van der Waals surface area contributed by atoms with Crippen molar-refractivity contribution in [2.24, 2.45) is 0 Å². The molecule has 0 aliphatic heterocycles. The minimum Gasteiger partial charge on any atom is -0.217 e. The van der Waals surface area contributed by atoms with Crippen LogP contribution in [0.5, 0.6) is 0 Å². The number of aryl methyl sites for hydroxylation is 1. The van der Waals surface area contributed by atoms with E-state index in [2.05, 4.69) is 10.1 Å². The fourth-order valence-electron chi connectivity index (χ4n) is 1.80. The molecule has 0 bridgehead atoms. The highest BCUT2D eigenvalue weighted by Crippen LogP contribution is 2.29. The molecule has 2 heterocycles. The van der Waals surface area contributed by atoms with Gasteiger partial charge in [0.15, 0.2) is 4.34 Å². The molecule has 2 aromatic heterocycles. The zero-order valence-corrected chi connectivity index (χ0v) is 12.2. The standard InChI is InChI=1S/C12H10ClN3S2/c1-7-10(8-3-5-9(13)6-4-8)14-11-16(7)15-12(17-2)18-11/h3-6H,1-2H3. The van der Waals surface area contributed by atoms with Crippen molar-refractivity contribution in [2.45, 2.75) is 11.3 Å². The van der Waals surface area contributed by atoms with Gasteiger partial charge in [0.1, 0.15) is 0 Å². The van der Waals surface area contributed by atoms with Crippen molar-refractivity contribution in [1.82, 2.24) is 14.6 Å². The summed E-state index contributed by atoms with van der Waals surface area (Å²) in [4.78, 5) is 5.58. The van der Waals surface area contributed by atoms with Crippen molar-refractivity contribution < 1.29 is 0 Å². The van der Waals surface area contributed by atoms with Gasteiger partial charge in [-0.3, -0.25) is 0 Å². The van der Waals surface area contributed by atoms with Crippen LogP contribution in [-0.2, 0) is 0 Å². The Hall–Kier alpha value is -1.04. The molecule has 0 radical (unpaired) electrons. The lowest BCUT2D eigenvalue weighted by Gasteiger charge is -1.98. The number of rotatable bonds is 2. The van der Waals surface area contributed by atoms with Crippen LogP contribution in [-0.4, -0.2) is 20.9 Å². The number of hydrogen-bond acceptors (Lipinski definition) is 4. The Morgan fingerprint density at radius 2 is 2.00 bits per heavy atom. The van der Waals surface area contributed by atoms with Gasteiger partial charge in [-0.05, 0) is 25.3 Å². The topological polar surface area (TPSA) is 30.2 Å². The molecule has 0 fully saturated rings. The molecule has 92 valence electrons. The van der Waals surface area contributed by atoms with Gasteiger partial charge in [-0.25, -0.2) is 9.50 Å². The normalized spacial score (nSPS) is 11.3. The second kappa shape index (κ2) is 4.57. The highest BCUT2D eigenvalue weighted by atomic mass is 35.5. The fourth-order valence-corrected chi connectivity index (χ4v) is 3.32. The van der Waals surface area contributed by atoms with Gasteiger partial charge in [0.05, 0.1) is 11.4 Å². The lowest BCUT2D eigenvalue weighted by atomic mass is 10.1. The molecule has 0 unspecified atom stereocenters. The maximum Gasteiger partial charge on any atom is 0.213 e. The average Bonchev–Trinajstić information content (AvgIpc) is 2.90. The van der Waals surface area contributed by atoms with E-state index in [1.165, 1.54) is 0 Å². The van der Waals surface area contributed by atoms with Crippen LogP contribution in [0.1, 0.15) is 5.69 Å². The SMILES string of the molecule is CSc1nn2c(C)c(-c3ccc(Cl)cc3)nc2s1. The van der Waals surface area contributed by atoms with E-state index in [1.54, 1.807) is 23.1 Å². The van der Waals surface area contributed by atoms with Crippen LogP contribution in [0.2, 0.25) is 5.02 Å². The molecule has 0 amide bonds. The third-order valence-electron chi connectivity index (χ3n) is 2.70. The number of halogens is 1. The van der Waals surface area contributed by atoms with Gasteiger partial charge in [0.25, 0.3) is 0 Å². The first-order valence-corrected chi connectivity index (χ1v) is 7.77. The Morgan fingerprint density at radius 1 is 1.28 bits per heavy atom. The molecule has 0 spiro atoms. The first kappa shape index (κ1) is 12.0. The van der Waals surface area contributed by atoms with Crippen LogP contribution < -0.4 is 0 Å². The summed E-state index contributed by atoms with van der Waals surface area (Å²) in [6, 6.07) is 7.73. The van der Waals surface area contributed by atoms with E-state index in [0.717, 1.165) is 31.3 Å². The van der Waals surface area contributed by atoms with Crippen LogP contribution in [0.3, 0.4) is 0 Å². The Balaban J connectivity index is 2.15. The fraction of sp³-hybridized carbons (Fsp3) is 0.167. The number of benzene rings is 1. The van der Waals surface area contributed by atoms with Crippen molar-refractivity contribution in [1.29, 1.82) is 0 Å². The maximum atomic E-state index is 5.90. The first-order chi connectivity index (χ1) is 8.69. The zero-order chi connectivity index (χ0) is 12.7. The minimum absolute atomic E-state index is 0.736. The van der Waals surface area contributed by atoms with Gasteiger partial charge < -0.3 is 0 Å². The van der Waals surface area contributed by atoms with Crippen LogP contribution in [0.15, 0.2) is 28.6 Å². The predicted molar refractivity (Wildman–Crippen MR) is 77.8 cm³/mol. The van der Waals surface area contributed by atoms with Crippen LogP contribution in [0.25, 0.3) is 16.2 Å². The molecule has 3 nitrogen and oxygen atoms in total. The van der Waals surface area contributed by atoms with Gasteiger partial charge in [-0.1, -0.05) is 46.8 Å². The summed E-state index contributed by atoms with van der Waals surface area (Å²) in [6.45, 7) is 2.04. The molecular formula is C12H10ClN3S2. The summed E-state index contributed by atoms with van der Waals surface area (Å²) in [7, 11) is 0. The largest absolute Gasteiger partial charge is 0.217 e. The number of imidazole rings is 1. The maximum absolute atomic E-state index is 5.90. The summed E-state index contributed by atoms with van der Waals surface area (Å²) >= 11 is 9.15. The quantitative estimate of drug-likeness (QED) is 0.666.